The zero-order valence-electron chi connectivity index (χ0n) is 11.6. The third-order valence-electron chi connectivity index (χ3n) is 2.64. The van der Waals surface area contributed by atoms with Gasteiger partial charge in [0.25, 0.3) is 0 Å². The molecule has 0 aliphatic rings. The van der Waals surface area contributed by atoms with E-state index >= 15 is 0 Å². The van der Waals surface area contributed by atoms with Crippen LogP contribution >= 0.6 is 0 Å². The molecule has 5 nitrogen and oxygen atoms in total. The van der Waals surface area contributed by atoms with Crippen LogP contribution in [0.3, 0.4) is 0 Å². The van der Waals surface area contributed by atoms with E-state index in [4.69, 9.17) is 24.1 Å². The summed E-state index contributed by atoms with van der Waals surface area (Å²) in [4.78, 5) is 0. The highest BCUT2D eigenvalue weighted by atomic mass is 28.3. The zero-order valence-corrected chi connectivity index (χ0v) is 12.8. The predicted octanol–water partition coefficient (Wildman–Crippen LogP) is 1.35. The Morgan fingerprint density at radius 2 is 1.47 bits per heavy atom. The van der Waals surface area contributed by atoms with E-state index in [-0.39, 0.29) is 12.6 Å². The molecule has 0 saturated carbocycles. The van der Waals surface area contributed by atoms with E-state index in [0.717, 1.165) is 12.8 Å². The molecule has 0 aromatic carbocycles. The first-order valence-corrected chi connectivity index (χ1v) is 7.72. The summed E-state index contributed by atoms with van der Waals surface area (Å²) in [7, 11) is 1.43. The van der Waals surface area contributed by atoms with Gasteiger partial charge in [-0.25, -0.2) is 0 Å². The SMILES string of the molecule is COC(C)O[SiH](OC(C)OC)C(C)CCCN. The summed E-state index contributed by atoms with van der Waals surface area (Å²) in [6.45, 7) is 6.58. The maximum absolute atomic E-state index is 5.80. The van der Waals surface area contributed by atoms with Crippen LogP contribution in [-0.2, 0) is 18.3 Å². The Balaban J connectivity index is 4.26. The average Bonchev–Trinajstić information content (AvgIpc) is 2.34. The van der Waals surface area contributed by atoms with E-state index in [9.17, 15) is 0 Å². The Kier molecular flexibility index (Phi) is 10.00. The van der Waals surface area contributed by atoms with Gasteiger partial charge < -0.3 is 24.1 Å². The largest absolute Gasteiger partial charge is 0.370 e. The number of hydrogen-bond acceptors (Lipinski definition) is 5. The Bertz CT molecular complexity index is 173. The van der Waals surface area contributed by atoms with Crippen LogP contribution in [0.2, 0.25) is 5.54 Å². The van der Waals surface area contributed by atoms with Crippen LogP contribution in [0.15, 0.2) is 0 Å². The van der Waals surface area contributed by atoms with Gasteiger partial charge in [-0.2, -0.15) is 0 Å². The van der Waals surface area contributed by atoms with Gasteiger partial charge in [0.1, 0.15) is 12.6 Å². The maximum Gasteiger partial charge on any atom is 0.328 e. The van der Waals surface area contributed by atoms with Crippen molar-refractivity contribution in [1.82, 2.24) is 0 Å². The summed E-state index contributed by atoms with van der Waals surface area (Å²) in [5.74, 6) is 0. The molecule has 3 atom stereocenters. The van der Waals surface area contributed by atoms with Crippen LogP contribution in [0.1, 0.15) is 33.6 Å². The third kappa shape index (κ3) is 7.85. The Labute approximate surface area is 106 Å². The van der Waals surface area contributed by atoms with Gasteiger partial charge in [0.15, 0.2) is 0 Å². The molecule has 0 aliphatic carbocycles. The normalized spacial score (nSPS) is 18.7. The summed E-state index contributed by atoms with van der Waals surface area (Å²) in [6, 6.07) is 0. The molecule has 0 rings (SSSR count). The minimum absolute atomic E-state index is 0.240. The first kappa shape index (κ1) is 17.0. The fraction of sp³-hybridized carbons (Fsp3) is 1.00. The topological polar surface area (TPSA) is 62.9 Å². The lowest BCUT2D eigenvalue weighted by atomic mass is 10.2. The van der Waals surface area contributed by atoms with E-state index in [0.29, 0.717) is 12.1 Å². The van der Waals surface area contributed by atoms with Crippen molar-refractivity contribution < 1.29 is 18.3 Å². The summed E-state index contributed by atoms with van der Waals surface area (Å²) < 4.78 is 21.8. The van der Waals surface area contributed by atoms with Gasteiger partial charge in [0, 0.05) is 14.2 Å². The van der Waals surface area contributed by atoms with Crippen molar-refractivity contribution in [2.24, 2.45) is 5.73 Å². The second-order valence-corrected chi connectivity index (χ2v) is 6.57. The van der Waals surface area contributed by atoms with E-state index in [2.05, 4.69) is 6.92 Å². The lowest BCUT2D eigenvalue weighted by Crippen LogP contribution is -2.36. The van der Waals surface area contributed by atoms with Crippen LogP contribution in [0, 0.1) is 0 Å². The molecule has 0 amide bonds. The molecule has 2 N–H and O–H groups in total. The Morgan fingerprint density at radius 1 is 1.00 bits per heavy atom. The van der Waals surface area contributed by atoms with E-state index < -0.39 is 9.28 Å². The van der Waals surface area contributed by atoms with E-state index in [1.807, 2.05) is 13.8 Å². The minimum atomic E-state index is -1.82. The van der Waals surface area contributed by atoms with Crippen LogP contribution in [0.4, 0.5) is 0 Å². The molecule has 0 fully saturated rings. The summed E-state index contributed by atoms with van der Waals surface area (Å²) in [5, 5.41) is 0. The molecule has 0 heterocycles. The standard InChI is InChI=1S/C11H27NO4Si/c1-9(7-6-8-12)17(15-10(2)13-4)16-11(3)14-5/h9-11,17H,6-8,12H2,1-5H3. The van der Waals surface area contributed by atoms with Crippen LogP contribution in [-0.4, -0.2) is 42.6 Å². The molecular weight excluding hydrogens is 238 g/mol. The number of hydrogen-bond donors (Lipinski definition) is 1. The lowest BCUT2D eigenvalue weighted by molar-refractivity contribution is -0.0953. The van der Waals surface area contributed by atoms with Gasteiger partial charge in [-0.05, 0) is 38.8 Å². The van der Waals surface area contributed by atoms with Crippen LogP contribution < -0.4 is 5.73 Å². The van der Waals surface area contributed by atoms with Gasteiger partial charge >= 0.3 is 9.28 Å². The van der Waals surface area contributed by atoms with Gasteiger partial charge in [0.2, 0.25) is 0 Å². The molecule has 0 spiro atoms. The Hall–Kier alpha value is 0.0169. The fourth-order valence-corrected chi connectivity index (χ4v) is 3.45. The van der Waals surface area contributed by atoms with Gasteiger partial charge in [0.05, 0.1) is 0 Å². The molecule has 0 bridgehead atoms. The molecule has 3 unspecified atom stereocenters. The molecular formula is C11H27NO4Si. The van der Waals surface area contributed by atoms with Crippen LogP contribution in [0.25, 0.3) is 0 Å². The quantitative estimate of drug-likeness (QED) is 0.477. The van der Waals surface area contributed by atoms with E-state index in [1.54, 1.807) is 14.2 Å². The molecule has 104 valence electrons. The first-order chi connectivity index (χ1) is 8.04. The van der Waals surface area contributed by atoms with Gasteiger partial charge in [-0.1, -0.05) is 6.92 Å². The van der Waals surface area contributed by atoms with Crippen molar-refractivity contribution in [2.75, 3.05) is 20.8 Å². The van der Waals surface area contributed by atoms with Gasteiger partial charge in [-0.3, -0.25) is 0 Å². The van der Waals surface area contributed by atoms with Crippen molar-refractivity contribution in [3.8, 4) is 0 Å². The van der Waals surface area contributed by atoms with Crippen molar-refractivity contribution >= 4 is 9.28 Å². The minimum Gasteiger partial charge on any atom is -0.370 e. The van der Waals surface area contributed by atoms with E-state index in [1.165, 1.54) is 0 Å². The highest BCUT2D eigenvalue weighted by Gasteiger charge is 2.26. The molecule has 0 aromatic heterocycles. The first-order valence-electron chi connectivity index (χ1n) is 6.11. The predicted molar refractivity (Wildman–Crippen MR) is 70.0 cm³/mol. The molecule has 17 heavy (non-hydrogen) atoms. The molecule has 0 aromatic rings. The number of nitrogens with two attached hydrogens (primary N) is 1. The van der Waals surface area contributed by atoms with Gasteiger partial charge in [-0.15, -0.1) is 0 Å². The molecule has 0 saturated heterocycles. The fourth-order valence-electron chi connectivity index (χ4n) is 1.37. The number of ether oxygens (including phenoxy) is 2. The molecule has 6 heteroatoms. The average molecular weight is 265 g/mol. The summed E-state index contributed by atoms with van der Waals surface area (Å²) in [5.41, 5.74) is 5.90. The summed E-state index contributed by atoms with van der Waals surface area (Å²) >= 11 is 0. The monoisotopic (exact) mass is 265 g/mol. The molecule has 0 aliphatic heterocycles. The maximum atomic E-state index is 5.80. The van der Waals surface area contributed by atoms with Crippen LogP contribution in [0.5, 0.6) is 0 Å². The second-order valence-electron chi connectivity index (χ2n) is 4.16. The van der Waals surface area contributed by atoms with Crippen molar-refractivity contribution in [1.29, 1.82) is 0 Å². The Morgan fingerprint density at radius 3 is 1.82 bits per heavy atom. The lowest BCUT2D eigenvalue weighted by Gasteiger charge is -2.27. The van der Waals surface area contributed by atoms with Crippen molar-refractivity contribution in [2.45, 2.75) is 51.7 Å². The summed E-state index contributed by atoms with van der Waals surface area (Å²) in [6.07, 6.45) is 1.52. The van der Waals surface area contributed by atoms with Crippen molar-refractivity contribution in [3.05, 3.63) is 0 Å². The number of methoxy groups -OCH3 is 2. The highest BCUT2D eigenvalue weighted by Crippen LogP contribution is 2.20. The molecule has 0 radical (unpaired) electrons. The third-order valence-corrected chi connectivity index (χ3v) is 5.21. The zero-order chi connectivity index (χ0) is 13.3. The highest BCUT2D eigenvalue weighted by molar-refractivity contribution is 6.46. The second kappa shape index (κ2) is 9.99. The number of rotatable bonds is 10. The van der Waals surface area contributed by atoms with Crippen molar-refractivity contribution in [3.63, 3.8) is 0 Å². The smallest absolute Gasteiger partial charge is 0.328 e.